The average Bonchev–Trinajstić information content (AvgIpc) is 3.25. The van der Waals surface area contributed by atoms with Crippen LogP contribution in [0.2, 0.25) is 0 Å². The molecule has 3 heterocycles. The van der Waals surface area contributed by atoms with E-state index < -0.39 is 12.7 Å². The summed E-state index contributed by atoms with van der Waals surface area (Å²) in [6, 6.07) is 12.0. The first-order chi connectivity index (χ1) is 16.5. The van der Waals surface area contributed by atoms with Gasteiger partial charge in [-0.1, -0.05) is 12.1 Å². The van der Waals surface area contributed by atoms with Gasteiger partial charge in [0, 0.05) is 7.05 Å². The number of ether oxygens (including phenoxy) is 4. The average molecular weight is 468 g/mol. The summed E-state index contributed by atoms with van der Waals surface area (Å²) in [5.41, 5.74) is 4.17. The number of hydrogen-bond acceptors (Lipinski definition) is 7. The maximum Gasteiger partial charge on any atom is 0.387 e. The van der Waals surface area contributed by atoms with Crippen LogP contribution in [0.3, 0.4) is 0 Å². The number of nitrogens with one attached hydrogen (secondary N) is 1. The molecule has 8 nitrogen and oxygen atoms in total. The van der Waals surface area contributed by atoms with Crippen LogP contribution in [-0.2, 0) is 6.54 Å². The van der Waals surface area contributed by atoms with Crippen molar-refractivity contribution in [3.63, 3.8) is 0 Å². The molecule has 0 bridgehead atoms. The lowest BCUT2D eigenvalue weighted by Crippen LogP contribution is -2.22. The predicted octanol–water partition coefficient (Wildman–Crippen LogP) is 4.64. The molecular formula is C24H22F2N4O4. The molecule has 0 fully saturated rings. The molecule has 1 aliphatic heterocycles. The lowest BCUT2D eigenvalue weighted by Gasteiger charge is -2.28. The Bertz CT molecular complexity index is 1290. The number of aromatic nitrogens is 3. The van der Waals surface area contributed by atoms with Crippen LogP contribution in [-0.4, -0.2) is 41.9 Å². The van der Waals surface area contributed by atoms with E-state index in [2.05, 4.69) is 20.0 Å². The molecule has 1 N–H and O–H groups in total. The molecule has 34 heavy (non-hydrogen) atoms. The number of rotatable bonds is 7. The second-order valence-electron chi connectivity index (χ2n) is 7.68. The third kappa shape index (κ3) is 4.26. The molecular weight excluding hydrogens is 446 g/mol. The Morgan fingerprint density at radius 2 is 2.00 bits per heavy atom. The number of methoxy groups -OCH3 is 1. The van der Waals surface area contributed by atoms with Crippen molar-refractivity contribution in [1.29, 1.82) is 0 Å². The molecule has 0 amide bonds. The van der Waals surface area contributed by atoms with Crippen molar-refractivity contribution >= 4 is 16.9 Å². The standard InChI is InChI=1S/C24H22F2N4O4/c1-27-16-9-18-23(28-10-16)30(13-29-18)11-14-7-19(31-2)22-20(8-14)32-12-21(34-22)15-3-5-17(6-4-15)33-24(25)26/h3-10,13,21,24,27H,11-12H2,1-2H3. The Balaban J connectivity index is 1.37. The highest BCUT2D eigenvalue weighted by atomic mass is 19.3. The molecule has 1 unspecified atom stereocenters. The van der Waals surface area contributed by atoms with Gasteiger partial charge in [-0.2, -0.15) is 8.78 Å². The summed E-state index contributed by atoms with van der Waals surface area (Å²) in [7, 11) is 3.40. The first kappa shape index (κ1) is 21.7. The van der Waals surface area contributed by atoms with Crippen LogP contribution in [0.25, 0.3) is 11.2 Å². The molecule has 10 heteroatoms. The number of fused-ring (bicyclic) bond motifs is 2. The van der Waals surface area contributed by atoms with Crippen LogP contribution in [0, 0.1) is 0 Å². The maximum absolute atomic E-state index is 12.4. The van der Waals surface area contributed by atoms with E-state index in [1.54, 1.807) is 31.8 Å². The molecule has 2 aromatic heterocycles. The lowest BCUT2D eigenvalue weighted by atomic mass is 10.1. The van der Waals surface area contributed by atoms with Crippen molar-refractivity contribution in [1.82, 2.24) is 14.5 Å². The van der Waals surface area contributed by atoms with Crippen molar-refractivity contribution in [3.05, 3.63) is 66.1 Å². The zero-order valence-electron chi connectivity index (χ0n) is 18.5. The van der Waals surface area contributed by atoms with E-state index in [-0.39, 0.29) is 12.4 Å². The third-order valence-electron chi connectivity index (χ3n) is 5.52. The number of alkyl halides is 2. The number of halogens is 2. The Hall–Kier alpha value is -4.08. The summed E-state index contributed by atoms with van der Waals surface area (Å²) in [4.78, 5) is 8.95. The van der Waals surface area contributed by atoms with E-state index >= 15 is 0 Å². The summed E-state index contributed by atoms with van der Waals surface area (Å²) in [5, 5.41) is 3.06. The molecule has 1 aliphatic rings. The van der Waals surface area contributed by atoms with Crippen LogP contribution < -0.4 is 24.3 Å². The largest absolute Gasteiger partial charge is 0.493 e. The van der Waals surface area contributed by atoms with Crippen LogP contribution in [0.15, 0.2) is 55.0 Å². The Kier molecular flexibility index (Phi) is 5.79. The van der Waals surface area contributed by atoms with Crippen molar-refractivity contribution < 1.29 is 27.7 Å². The minimum Gasteiger partial charge on any atom is -0.493 e. The van der Waals surface area contributed by atoms with E-state index in [1.807, 2.05) is 29.8 Å². The molecule has 0 aliphatic carbocycles. The van der Waals surface area contributed by atoms with Gasteiger partial charge in [-0.25, -0.2) is 9.97 Å². The van der Waals surface area contributed by atoms with Gasteiger partial charge in [-0.3, -0.25) is 0 Å². The number of hydrogen-bond donors (Lipinski definition) is 1. The van der Waals surface area contributed by atoms with Crippen molar-refractivity contribution in [2.24, 2.45) is 0 Å². The normalized spacial score (nSPS) is 14.9. The van der Waals surface area contributed by atoms with E-state index in [9.17, 15) is 8.78 Å². The van der Waals surface area contributed by atoms with Crippen LogP contribution >= 0.6 is 0 Å². The lowest BCUT2D eigenvalue weighted by molar-refractivity contribution is -0.0498. The molecule has 5 rings (SSSR count). The highest BCUT2D eigenvalue weighted by Crippen LogP contribution is 2.44. The van der Waals surface area contributed by atoms with Crippen molar-refractivity contribution in [3.8, 4) is 23.0 Å². The van der Waals surface area contributed by atoms with Gasteiger partial charge >= 0.3 is 6.61 Å². The van der Waals surface area contributed by atoms with Gasteiger partial charge in [0.2, 0.25) is 5.75 Å². The number of imidazole rings is 1. The number of anilines is 1. The van der Waals surface area contributed by atoms with Crippen LogP contribution in [0.1, 0.15) is 17.2 Å². The molecule has 0 saturated carbocycles. The molecule has 0 spiro atoms. The third-order valence-corrected chi connectivity index (χ3v) is 5.52. The first-order valence-corrected chi connectivity index (χ1v) is 10.6. The zero-order chi connectivity index (χ0) is 23.7. The minimum atomic E-state index is -2.87. The summed E-state index contributed by atoms with van der Waals surface area (Å²) >= 11 is 0. The topological polar surface area (TPSA) is 79.7 Å². The predicted molar refractivity (Wildman–Crippen MR) is 121 cm³/mol. The summed E-state index contributed by atoms with van der Waals surface area (Å²) in [6.07, 6.45) is 3.09. The first-order valence-electron chi connectivity index (χ1n) is 10.6. The number of pyridine rings is 1. The smallest absolute Gasteiger partial charge is 0.387 e. The van der Waals surface area contributed by atoms with Crippen LogP contribution in [0.4, 0.5) is 14.5 Å². The fraction of sp³-hybridized carbons (Fsp3) is 0.250. The number of nitrogens with zero attached hydrogens (tertiary/aromatic N) is 3. The van der Waals surface area contributed by atoms with E-state index in [1.165, 1.54) is 12.1 Å². The highest BCUT2D eigenvalue weighted by Gasteiger charge is 2.27. The maximum atomic E-state index is 12.4. The Labute approximate surface area is 194 Å². The Morgan fingerprint density at radius 3 is 2.74 bits per heavy atom. The van der Waals surface area contributed by atoms with Gasteiger partial charge in [0.25, 0.3) is 0 Å². The molecule has 4 aromatic rings. The van der Waals surface area contributed by atoms with Gasteiger partial charge in [-0.15, -0.1) is 0 Å². The van der Waals surface area contributed by atoms with E-state index in [0.717, 1.165) is 28.0 Å². The highest BCUT2D eigenvalue weighted by molar-refractivity contribution is 5.75. The summed E-state index contributed by atoms with van der Waals surface area (Å²) < 4.78 is 48.9. The zero-order valence-corrected chi connectivity index (χ0v) is 18.5. The SMILES string of the molecule is CNc1cnc2c(c1)ncn2Cc1cc(OC)c2c(c1)OCC(c1ccc(OC(F)F)cc1)O2. The van der Waals surface area contributed by atoms with Crippen LogP contribution in [0.5, 0.6) is 23.0 Å². The van der Waals surface area contributed by atoms with Crippen molar-refractivity contribution in [2.75, 3.05) is 26.1 Å². The molecule has 1 atom stereocenters. The Morgan fingerprint density at radius 1 is 1.18 bits per heavy atom. The van der Waals surface area contributed by atoms with Gasteiger partial charge < -0.3 is 28.8 Å². The molecule has 2 aromatic carbocycles. The quantitative estimate of drug-likeness (QED) is 0.423. The molecule has 0 saturated heterocycles. The fourth-order valence-electron chi connectivity index (χ4n) is 3.87. The van der Waals surface area contributed by atoms with Crippen molar-refractivity contribution in [2.45, 2.75) is 19.3 Å². The van der Waals surface area contributed by atoms with Gasteiger partial charge in [-0.05, 0) is 41.5 Å². The summed E-state index contributed by atoms with van der Waals surface area (Å²) in [6.45, 7) is -2.09. The van der Waals surface area contributed by atoms with Gasteiger partial charge in [0.15, 0.2) is 23.3 Å². The second kappa shape index (κ2) is 9.05. The molecule has 176 valence electrons. The monoisotopic (exact) mass is 468 g/mol. The van der Waals surface area contributed by atoms with Gasteiger partial charge in [0.1, 0.15) is 17.9 Å². The van der Waals surface area contributed by atoms with Gasteiger partial charge in [0.05, 0.1) is 31.9 Å². The number of benzene rings is 2. The molecule has 0 radical (unpaired) electrons. The fourth-order valence-corrected chi connectivity index (χ4v) is 3.87. The van der Waals surface area contributed by atoms with E-state index in [0.29, 0.717) is 23.8 Å². The second-order valence-corrected chi connectivity index (χ2v) is 7.68. The minimum absolute atomic E-state index is 0.0850. The van der Waals surface area contributed by atoms with E-state index in [4.69, 9.17) is 14.2 Å². The summed E-state index contributed by atoms with van der Waals surface area (Å²) in [5.74, 6) is 1.67.